The zero-order valence-corrected chi connectivity index (χ0v) is 17.6. The van der Waals surface area contributed by atoms with Crippen molar-refractivity contribution in [1.29, 1.82) is 0 Å². The first kappa shape index (κ1) is 24.7. The molecule has 0 spiro atoms. The minimum absolute atomic E-state index is 0. The topological polar surface area (TPSA) is 72.0 Å². The second-order valence-electron chi connectivity index (χ2n) is 6.17. The Labute approximate surface area is 158 Å². The van der Waals surface area contributed by atoms with Crippen molar-refractivity contribution < 1.29 is 14.3 Å². The van der Waals surface area contributed by atoms with Gasteiger partial charge >= 0.3 is 5.97 Å². The summed E-state index contributed by atoms with van der Waals surface area (Å²) in [5.74, 6) is 0.694. The first-order chi connectivity index (χ1) is 10.4. The van der Waals surface area contributed by atoms with E-state index in [0.29, 0.717) is 13.0 Å². The summed E-state index contributed by atoms with van der Waals surface area (Å²) >= 11 is 0. The van der Waals surface area contributed by atoms with Gasteiger partial charge in [-0.15, -0.1) is 24.0 Å². The number of nitrogens with zero attached hydrogens (tertiary/aromatic N) is 1. The lowest BCUT2D eigenvalue weighted by Gasteiger charge is -2.19. The van der Waals surface area contributed by atoms with Crippen LogP contribution in [0, 0.1) is 0 Å². The number of guanidine groups is 1. The third-order valence-electron chi connectivity index (χ3n) is 2.84. The standard InChI is InChI=1S/C16H33N3O3.HI/c1-16(2,3)22-14(20)10-8-6-7-9-11-18-15(17-4)19-12-13-21-5;/h6-13H2,1-5H3,(H2,17,18,19);1H. The number of nitrogens with one attached hydrogen (secondary N) is 2. The van der Waals surface area contributed by atoms with E-state index in [0.717, 1.165) is 44.7 Å². The fraction of sp³-hybridized carbons (Fsp3) is 0.875. The summed E-state index contributed by atoms with van der Waals surface area (Å²) < 4.78 is 10.2. The van der Waals surface area contributed by atoms with E-state index in [4.69, 9.17) is 9.47 Å². The number of carbonyl (C=O) groups is 1. The zero-order chi connectivity index (χ0) is 16.8. The third kappa shape index (κ3) is 17.6. The van der Waals surface area contributed by atoms with Gasteiger partial charge in [-0.1, -0.05) is 12.8 Å². The predicted octanol–water partition coefficient (Wildman–Crippen LogP) is 2.71. The molecule has 138 valence electrons. The Morgan fingerprint density at radius 3 is 2.22 bits per heavy atom. The van der Waals surface area contributed by atoms with Crippen LogP contribution in [0.3, 0.4) is 0 Å². The molecule has 0 amide bonds. The molecule has 2 N–H and O–H groups in total. The SMILES string of the molecule is CN=C(NCCCCCCC(=O)OC(C)(C)C)NCCOC.I. The van der Waals surface area contributed by atoms with E-state index in [9.17, 15) is 4.79 Å². The molecule has 0 aliphatic carbocycles. The summed E-state index contributed by atoms with van der Waals surface area (Å²) in [5.41, 5.74) is -0.382. The Balaban J connectivity index is 0. The molecule has 0 aromatic rings. The highest BCUT2D eigenvalue weighted by atomic mass is 127. The molecule has 0 aromatic heterocycles. The molecule has 6 nitrogen and oxygen atoms in total. The van der Waals surface area contributed by atoms with Crippen molar-refractivity contribution in [1.82, 2.24) is 10.6 Å². The summed E-state index contributed by atoms with van der Waals surface area (Å²) in [4.78, 5) is 15.7. The molecule has 0 saturated heterocycles. The van der Waals surface area contributed by atoms with E-state index in [1.807, 2.05) is 20.8 Å². The number of rotatable bonds is 10. The van der Waals surface area contributed by atoms with Crippen molar-refractivity contribution >= 4 is 35.9 Å². The van der Waals surface area contributed by atoms with Gasteiger partial charge in [0.2, 0.25) is 0 Å². The maximum atomic E-state index is 11.5. The van der Waals surface area contributed by atoms with E-state index < -0.39 is 0 Å². The van der Waals surface area contributed by atoms with Gasteiger partial charge < -0.3 is 20.1 Å². The van der Waals surface area contributed by atoms with Gasteiger partial charge in [-0.3, -0.25) is 9.79 Å². The van der Waals surface area contributed by atoms with E-state index in [1.165, 1.54) is 0 Å². The maximum Gasteiger partial charge on any atom is 0.306 e. The van der Waals surface area contributed by atoms with Crippen molar-refractivity contribution in [2.75, 3.05) is 33.9 Å². The van der Waals surface area contributed by atoms with Gasteiger partial charge in [0.05, 0.1) is 6.61 Å². The molecule has 0 rings (SSSR count). The summed E-state index contributed by atoms with van der Waals surface area (Å²) in [5, 5.41) is 6.41. The number of hydrogen-bond donors (Lipinski definition) is 2. The lowest BCUT2D eigenvalue weighted by Crippen LogP contribution is -2.39. The average molecular weight is 443 g/mol. The van der Waals surface area contributed by atoms with Gasteiger partial charge in [-0.2, -0.15) is 0 Å². The number of hydrogen-bond acceptors (Lipinski definition) is 4. The Morgan fingerprint density at radius 1 is 1.04 bits per heavy atom. The molecule has 0 radical (unpaired) electrons. The molecular weight excluding hydrogens is 409 g/mol. The molecule has 0 aromatic carbocycles. The van der Waals surface area contributed by atoms with Crippen LogP contribution in [0.1, 0.15) is 52.9 Å². The van der Waals surface area contributed by atoms with Crippen molar-refractivity contribution in [3.05, 3.63) is 0 Å². The van der Waals surface area contributed by atoms with Gasteiger partial charge in [0.25, 0.3) is 0 Å². The van der Waals surface area contributed by atoms with E-state index in [-0.39, 0.29) is 35.5 Å². The number of unbranched alkanes of at least 4 members (excludes halogenated alkanes) is 3. The van der Waals surface area contributed by atoms with Gasteiger partial charge in [0.15, 0.2) is 5.96 Å². The molecule has 7 heteroatoms. The van der Waals surface area contributed by atoms with Crippen LogP contribution in [0.4, 0.5) is 0 Å². The summed E-state index contributed by atoms with van der Waals surface area (Å²) in [6.07, 6.45) is 4.57. The Hall–Kier alpha value is -0.570. The molecule has 0 bridgehead atoms. The minimum Gasteiger partial charge on any atom is -0.460 e. The second kappa shape index (κ2) is 15.0. The third-order valence-corrected chi connectivity index (χ3v) is 2.84. The fourth-order valence-corrected chi connectivity index (χ4v) is 1.84. The average Bonchev–Trinajstić information content (AvgIpc) is 2.42. The van der Waals surface area contributed by atoms with Gasteiger partial charge in [0, 0.05) is 33.7 Å². The molecular formula is C16H34IN3O3. The van der Waals surface area contributed by atoms with Gasteiger partial charge in [-0.05, 0) is 33.6 Å². The normalized spacial score (nSPS) is 11.6. The number of esters is 1. The molecule has 23 heavy (non-hydrogen) atoms. The van der Waals surface area contributed by atoms with Crippen molar-refractivity contribution in [3.63, 3.8) is 0 Å². The van der Waals surface area contributed by atoms with Crippen LogP contribution in [-0.4, -0.2) is 51.4 Å². The number of carbonyl (C=O) groups excluding carboxylic acids is 1. The first-order valence-corrected chi connectivity index (χ1v) is 8.04. The molecule has 0 aliphatic heterocycles. The maximum absolute atomic E-state index is 11.5. The monoisotopic (exact) mass is 443 g/mol. The van der Waals surface area contributed by atoms with E-state index in [1.54, 1.807) is 14.2 Å². The quantitative estimate of drug-likeness (QED) is 0.179. The molecule has 0 atom stereocenters. The van der Waals surface area contributed by atoms with Crippen LogP contribution in [0.25, 0.3) is 0 Å². The fourth-order valence-electron chi connectivity index (χ4n) is 1.84. The van der Waals surface area contributed by atoms with Crippen molar-refractivity contribution in [3.8, 4) is 0 Å². The zero-order valence-electron chi connectivity index (χ0n) is 15.2. The van der Waals surface area contributed by atoms with E-state index >= 15 is 0 Å². The highest BCUT2D eigenvalue weighted by Gasteiger charge is 2.15. The van der Waals surface area contributed by atoms with Crippen LogP contribution >= 0.6 is 24.0 Å². The van der Waals surface area contributed by atoms with E-state index in [2.05, 4.69) is 15.6 Å². The number of aliphatic imine (C=N–C) groups is 1. The summed E-state index contributed by atoms with van der Waals surface area (Å²) in [6.45, 7) is 7.95. The van der Waals surface area contributed by atoms with Gasteiger partial charge in [0.1, 0.15) is 5.60 Å². The Bertz CT molecular complexity index is 331. The first-order valence-electron chi connectivity index (χ1n) is 8.04. The molecule has 0 fully saturated rings. The number of ether oxygens (including phenoxy) is 2. The van der Waals surface area contributed by atoms with Crippen LogP contribution < -0.4 is 10.6 Å². The van der Waals surface area contributed by atoms with Crippen molar-refractivity contribution in [2.45, 2.75) is 58.5 Å². The lowest BCUT2D eigenvalue weighted by molar-refractivity contribution is -0.154. The second-order valence-corrected chi connectivity index (χ2v) is 6.17. The highest BCUT2D eigenvalue weighted by Crippen LogP contribution is 2.10. The minimum atomic E-state index is -0.382. The summed E-state index contributed by atoms with van der Waals surface area (Å²) in [7, 11) is 3.43. The van der Waals surface area contributed by atoms with Crippen molar-refractivity contribution in [2.24, 2.45) is 4.99 Å². The molecule has 0 heterocycles. The molecule has 0 aliphatic rings. The smallest absolute Gasteiger partial charge is 0.306 e. The van der Waals surface area contributed by atoms with Crippen LogP contribution in [0.2, 0.25) is 0 Å². The lowest BCUT2D eigenvalue weighted by atomic mass is 10.1. The molecule has 0 unspecified atom stereocenters. The van der Waals surface area contributed by atoms with Crippen LogP contribution in [0.15, 0.2) is 4.99 Å². The molecule has 0 saturated carbocycles. The van der Waals surface area contributed by atoms with Crippen LogP contribution in [-0.2, 0) is 14.3 Å². The Kier molecular flexibility index (Phi) is 16.1. The highest BCUT2D eigenvalue weighted by molar-refractivity contribution is 14.0. The van der Waals surface area contributed by atoms with Crippen LogP contribution in [0.5, 0.6) is 0 Å². The van der Waals surface area contributed by atoms with Gasteiger partial charge in [-0.25, -0.2) is 0 Å². The largest absolute Gasteiger partial charge is 0.460 e. The number of methoxy groups -OCH3 is 1. The Morgan fingerprint density at radius 2 is 1.65 bits per heavy atom. The summed E-state index contributed by atoms with van der Waals surface area (Å²) in [6, 6.07) is 0. The predicted molar refractivity (Wildman–Crippen MR) is 106 cm³/mol. The number of halogens is 1.